The summed E-state index contributed by atoms with van der Waals surface area (Å²) < 4.78 is 19.4. The molecule has 120 valence electrons. The molecule has 1 heterocycles. The molecular formula is C15H13BrFN3O3. The highest BCUT2D eigenvalue weighted by molar-refractivity contribution is 9.10. The zero-order valence-electron chi connectivity index (χ0n) is 12.3. The summed E-state index contributed by atoms with van der Waals surface area (Å²) in [6, 6.07) is 5.02. The smallest absolute Gasteiger partial charge is 0.326 e. The number of methoxy groups -OCH3 is 1. The third-order valence-corrected chi connectivity index (χ3v) is 3.41. The lowest BCUT2D eigenvalue weighted by molar-refractivity contribution is 0.0960. The molecule has 6 nitrogen and oxygen atoms in total. The molecule has 2 rings (SSSR count). The summed E-state index contributed by atoms with van der Waals surface area (Å²) in [4.78, 5) is 28.0. The molecule has 1 aromatic heterocycles. The quantitative estimate of drug-likeness (QED) is 0.854. The topological polar surface area (TPSA) is 80.3 Å². The molecule has 0 bridgehead atoms. The number of hydrogen-bond donors (Lipinski definition) is 2. The van der Waals surface area contributed by atoms with Gasteiger partial charge in [-0.2, -0.15) is 0 Å². The van der Waals surface area contributed by atoms with Crippen LogP contribution in [0, 0.1) is 12.7 Å². The molecule has 0 atom stereocenters. The van der Waals surface area contributed by atoms with Crippen molar-refractivity contribution in [1.29, 1.82) is 0 Å². The van der Waals surface area contributed by atoms with Crippen LogP contribution in [0.25, 0.3) is 0 Å². The molecule has 0 aliphatic rings. The van der Waals surface area contributed by atoms with Gasteiger partial charge in [-0.05, 0) is 31.2 Å². The third-order valence-electron chi connectivity index (χ3n) is 2.95. The number of imide groups is 1. The summed E-state index contributed by atoms with van der Waals surface area (Å²) in [7, 11) is 1.30. The van der Waals surface area contributed by atoms with Crippen molar-refractivity contribution in [3.8, 4) is 5.75 Å². The number of amides is 3. The van der Waals surface area contributed by atoms with Crippen molar-refractivity contribution in [3.05, 3.63) is 52.0 Å². The first-order valence-corrected chi connectivity index (χ1v) is 7.28. The molecule has 3 amide bonds. The maximum absolute atomic E-state index is 14.0. The molecule has 0 radical (unpaired) electrons. The van der Waals surface area contributed by atoms with E-state index in [0.29, 0.717) is 15.9 Å². The van der Waals surface area contributed by atoms with Crippen LogP contribution in [-0.2, 0) is 0 Å². The molecule has 0 aliphatic carbocycles. The van der Waals surface area contributed by atoms with Crippen LogP contribution < -0.4 is 15.4 Å². The molecule has 23 heavy (non-hydrogen) atoms. The van der Waals surface area contributed by atoms with Crippen molar-refractivity contribution < 1.29 is 18.7 Å². The van der Waals surface area contributed by atoms with Gasteiger partial charge in [-0.25, -0.2) is 9.18 Å². The summed E-state index contributed by atoms with van der Waals surface area (Å²) in [5.74, 6) is -1.70. The maximum Gasteiger partial charge on any atom is 0.326 e. The van der Waals surface area contributed by atoms with Crippen molar-refractivity contribution in [1.82, 2.24) is 10.3 Å². The van der Waals surface area contributed by atoms with Crippen LogP contribution in [0.3, 0.4) is 0 Å². The summed E-state index contributed by atoms with van der Waals surface area (Å²) in [5, 5.41) is 4.53. The molecule has 2 N–H and O–H groups in total. The number of benzene rings is 1. The Balaban J connectivity index is 2.16. The van der Waals surface area contributed by atoms with Gasteiger partial charge in [-0.3, -0.25) is 15.1 Å². The summed E-state index contributed by atoms with van der Waals surface area (Å²) in [5.41, 5.74) is 0.678. The van der Waals surface area contributed by atoms with Gasteiger partial charge < -0.3 is 10.1 Å². The van der Waals surface area contributed by atoms with E-state index in [9.17, 15) is 14.0 Å². The van der Waals surface area contributed by atoms with Crippen LogP contribution in [0.2, 0.25) is 0 Å². The first-order chi connectivity index (χ1) is 10.9. The number of aryl methyl sites for hydroxylation is 1. The number of pyridine rings is 1. The van der Waals surface area contributed by atoms with E-state index in [4.69, 9.17) is 4.74 Å². The van der Waals surface area contributed by atoms with E-state index in [1.807, 2.05) is 0 Å². The van der Waals surface area contributed by atoms with E-state index >= 15 is 0 Å². The first-order valence-electron chi connectivity index (χ1n) is 6.49. The maximum atomic E-state index is 14.0. The van der Waals surface area contributed by atoms with Crippen molar-refractivity contribution in [3.63, 3.8) is 0 Å². The monoisotopic (exact) mass is 381 g/mol. The fourth-order valence-electron chi connectivity index (χ4n) is 1.87. The van der Waals surface area contributed by atoms with Gasteiger partial charge in [-0.15, -0.1) is 0 Å². The Labute approximate surface area is 140 Å². The fourth-order valence-corrected chi connectivity index (χ4v) is 2.28. The van der Waals surface area contributed by atoms with Gasteiger partial charge in [0.05, 0.1) is 18.5 Å². The predicted octanol–water partition coefficient (Wildman–Crippen LogP) is 3.26. The van der Waals surface area contributed by atoms with E-state index in [-0.39, 0.29) is 11.3 Å². The van der Waals surface area contributed by atoms with Crippen molar-refractivity contribution >= 4 is 33.6 Å². The number of urea groups is 1. The largest absolute Gasteiger partial charge is 0.496 e. The molecule has 2 aromatic rings. The molecule has 1 aromatic carbocycles. The number of nitrogens with one attached hydrogen (secondary N) is 2. The number of carbonyl (C=O) groups excluding carboxylic acids is 2. The van der Waals surface area contributed by atoms with Crippen LogP contribution in [-0.4, -0.2) is 24.0 Å². The van der Waals surface area contributed by atoms with Crippen LogP contribution in [0.4, 0.5) is 14.9 Å². The van der Waals surface area contributed by atoms with E-state index in [2.05, 4.69) is 31.5 Å². The highest BCUT2D eigenvalue weighted by atomic mass is 79.9. The Morgan fingerprint density at radius 2 is 2.09 bits per heavy atom. The Kier molecular flexibility index (Phi) is 5.28. The second-order valence-electron chi connectivity index (χ2n) is 4.51. The van der Waals surface area contributed by atoms with Gasteiger partial charge in [0.2, 0.25) is 0 Å². The van der Waals surface area contributed by atoms with E-state index in [0.717, 1.165) is 6.07 Å². The first kappa shape index (κ1) is 16.9. The van der Waals surface area contributed by atoms with Crippen molar-refractivity contribution in [2.24, 2.45) is 0 Å². The number of ether oxygens (including phenoxy) is 1. The number of anilines is 1. The molecule has 8 heteroatoms. The lowest BCUT2D eigenvalue weighted by Crippen LogP contribution is -2.35. The predicted molar refractivity (Wildman–Crippen MR) is 86.1 cm³/mol. The average Bonchev–Trinajstić information content (AvgIpc) is 2.48. The Morgan fingerprint density at radius 3 is 2.74 bits per heavy atom. The summed E-state index contributed by atoms with van der Waals surface area (Å²) in [6.45, 7) is 1.70. The minimum Gasteiger partial charge on any atom is -0.496 e. The van der Waals surface area contributed by atoms with Gasteiger partial charge in [0.15, 0.2) is 0 Å². The standard InChI is InChI=1S/C15H13BrFN3O3/c1-8-11(4-3-5-18-8)19-15(22)20-14(21)13-10(17)6-9(16)7-12(13)23-2/h3-7H,1-2H3,(H2,19,20,21,22). The zero-order valence-corrected chi connectivity index (χ0v) is 13.9. The highest BCUT2D eigenvalue weighted by Gasteiger charge is 2.21. The second-order valence-corrected chi connectivity index (χ2v) is 5.43. The molecule has 0 saturated carbocycles. The minimum atomic E-state index is -0.911. The lowest BCUT2D eigenvalue weighted by atomic mass is 10.1. The number of carbonyl (C=O) groups is 2. The molecule has 0 aliphatic heterocycles. The van der Waals surface area contributed by atoms with Gasteiger partial charge in [0, 0.05) is 10.7 Å². The van der Waals surface area contributed by atoms with Gasteiger partial charge in [-0.1, -0.05) is 15.9 Å². The van der Waals surface area contributed by atoms with Gasteiger partial charge >= 0.3 is 6.03 Å². The number of nitrogens with zero attached hydrogens (tertiary/aromatic N) is 1. The van der Waals surface area contributed by atoms with Crippen LogP contribution in [0.1, 0.15) is 16.1 Å². The normalized spacial score (nSPS) is 10.1. The third kappa shape index (κ3) is 4.04. The number of halogens is 2. The second kappa shape index (κ2) is 7.19. The Morgan fingerprint density at radius 1 is 1.35 bits per heavy atom. The van der Waals surface area contributed by atoms with Crippen LogP contribution in [0.15, 0.2) is 34.9 Å². The number of rotatable bonds is 3. The summed E-state index contributed by atoms with van der Waals surface area (Å²) in [6.07, 6.45) is 1.58. The number of aromatic nitrogens is 1. The molecule has 0 spiro atoms. The minimum absolute atomic E-state index is 0.0136. The van der Waals surface area contributed by atoms with Gasteiger partial charge in [0.25, 0.3) is 5.91 Å². The zero-order chi connectivity index (χ0) is 17.0. The fraction of sp³-hybridized carbons (Fsp3) is 0.133. The highest BCUT2D eigenvalue weighted by Crippen LogP contribution is 2.26. The van der Waals surface area contributed by atoms with Crippen molar-refractivity contribution in [2.45, 2.75) is 6.92 Å². The average molecular weight is 382 g/mol. The van der Waals surface area contributed by atoms with Crippen LogP contribution >= 0.6 is 15.9 Å². The SMILES string of the molecule is COc1cc(Br)cc(F)c1C(=O)NC(=O)Nc1cccnc1C. The molecule has 0 unspecified atom stereocenters. The van der Waals surface area contributed by atoms with E-state index in [1.165, 1.54) is 13.2 Å². The van der Waals surface area contributed by atoms with Crippen LogP contribution in [0.5, 0.6) is 5.75 Å². The van der Waals surface area contributed by atoms with E-state index < -0.39 is 17.8 Å². The number of hydrogen-bond acceptors (Lipinski definition) is 4. The summed E-state index contributed by atoms with van der Waals surface area (Å²) >= 11 is 3.10. The lowest BCUT2D eigenvalue weighted by Gasteiger charge is -2.11. The van der Waals surface area contributed by atoms with E-state index in [1.54, 1.807) is 25.3 Å². The van der Waals surface area contributed by atoms with Crippen molar-refractivity contribution in [2.75, 3.05) is 12.4 Å². The Bertz CT molecular complexity index is 768. The molecule has 0 saturated heterocycles. The molecular weight excluding hydrogens is 369 g/mol. The Hall–Kier alpha value is -2.48. The molecule has 0 fully saturated rings. The van der Waals surface area contributed by atoms with Gasteiger partial charge in [0.1, 0.15) is 17.1 Å².